The third-order valence-electron chi connectivity index (χ3n) is 14.6. The van der Waals surface area contributed by atoms with E-state index >= 15 is 0 Å². The molecule has 0 aliphatic heterocycles. The average Bonchev–Trinajstić information content (AvgIpc) is 4.13. The maximum absolute atomic E-state index is 8.12. The lowest BCUT2D eigenvalue weighted by molar-refractivity contribution is -0.191. The van der Waals surface area contributed by atoms with Crippen LogP contribution in [-0.4, -0.2) is 32.6 Å². The molecular formula is C68H102O6. The van der Waals surface area contributed by atoms with Gasteiger partial charge in [-0.3, -0.25) is 0 Å². The van der Waals surface area contributed by atoms with Crippen LogP contribution in [0.4, 0.5) is 0 Å². The van der Waals surface area contributed by atoms with E-state index in [-0.39, 0.29) is 6.15 Å². The Bertz CT molecular complexity index is 1700. The number of hydrogen-bond acceptors (Lipinski definition) is 6. The molecule has 1 aliphatic carbocycles. The zero-order chi connectivity index (χ0) is 52.3. The van der Waals surface area contributed by atoms with Crippen molar-refractivity contribution in [1.82, 2.24) is 0 Å². The summed E-state index contributed by atoms with van der Waals surface area (Å²) in [6, 6.07) is 41.9. The Balaban J connectivity index is 0.000000372. The molecule has 0 radical (unpaired) electrons. The number of rotatable bonds is 45. The third-order valence-corrected chi connectivity index (χ3v) is 14.6. The van der Waals surface area contributed by atoms with Crippen LogP contribution in [0.25, 0.3) is 0 Å². The van der Waals surface area contributed by atoms with E-state index in [0.29, 0.717) is 0 Å². The van der Waals surface area contributed by atoms with Crippen LogP contribution in [0.3, 0.4) is 0 Å². The molecule has 4 aromatic rings. The minimum atomic E-state index is 0.250. The molecule has 2 unspecified atom stereocenters. The van der Waals surface area contributed by atoms with Gasteiger partial charge in [-0.2, -0.15) is 9.59 Å². The normalized spacial score (nSPS) is 14.7. The number of unbranched alkanes of at least 4 members (excludes halogenated alkanes) is 22. The van der Waals surface area contributed by atoms with Gasteiger partial charge in [0.2, 0.25) is 0 Å². The first-order valence-corrected chi connectivity index (χ1v) is 29.9. The molecule has 74 heavy (non-hydrogen) atoms. The minimum Gasteiger partial charge on any atom is -0.377 e. The van der Waals surface area contributed by atoms with E-state index in [1.54, 1.807) is 0 Å². The van der Waals surface area contributed by atoms with Gasteiger partial charge in [-0.05, 0) is 104 Å². The van der Waals surface area contributed by atoms with Gasteiger partial charge in [0.15, 0.2) is 0 Å². The number of hydrogen-bond donors (Lipinski definition) is 0. The van der Waals surface area contributed by atoms with Crippen molar-refractivity contribution in [2.24, 2.45) is 17.8 Å². The van der Waals surface area contributed by atoms with E-state index in [9.17, 15) is 0 Å². The van der Waals surface area contributed by atoms with Gasteiger partial charge in [0.1, 0.15) is 0 Å². The Labute approximate surface area is 452 Å². The second kappa shape index (κ2) is 48.5. The summed E-state index contributed by atoms with van der Waals surface area (Å²) in [5.41, 5.74) is 5.10. The monoisotopic (exact) mass is 1010 g/mol. The third kappa shape index (κ3) is 36.7. The Hall–Kier alpha value is -4.16. The molecule has 0 heterocycles. The predicted molar refractivity (Wildman–Crippen MR) is 309 cm³/mol. The van der Waals surface area contributed by atoms with Crippen molar-refractivity contribution < 1.29 is 28.5 Å². The molecule has 0 amide bonds. The standard InChI is InChI=1S/C35H54O2.C32H48O2.CO2/c1-2-33-34(25-17-7-3-5-9-19-27-36-29-31-21-13-11-14-22-31)35(33)26-18-8-4-6-10-20-28-37-30-32-23-15-12-16-24-32;1(3-5-7-9-11-13-21-27-33-29-31-23-17-15-18-24-31)2-4-6-8-10-12-14-22-28-34-30-32-25-19-16-20-26-32;2-1-3/h11-16,21-24,33-35H,2-10,17-20,25-30H2,1H3;1-2,15-20,23-26H,3-14,21-22,27-30H2;/b;2-1-;. The van der Waals surface area contributed by atoms with Crippen LogP contribution in [0.2, 0.25) is 0 Å². The van der Waals surface area contributed by atoms with Crippen molar-refractivity contribution in [1.29, 1.82) is 0 Å². The summed E-state index contributed by atoms with van der Waals surface area (Å²) in [5.74, 6) is 3.15. The summed E-state index contributed by atoms with van der Waals surface area (Å²) >= 11 is 0. The highest BCUT2D eigenvalue weighted by Crippen LogP contribution is 2.54. The molecule has 0 spiro atoms. The Morgan fingerprint density at radius 2 is 0.554 bits per heavy atom. The Kier molecular flexibility index (Phi) is 42.0. The molecule has 1 saturated carbocycles. The molecule has 1 fully saturated rings. The molecular weight excluding hydrogens is 913 g/mol. The molecule has 410 valence electrons. The molecule has 6 nitrogen and oxygen atoms in total. The summed E-state index contributed by atoms with van der Waals surface area (Å²) in [5, 5.41) is 0. The molecule has 0 aromatic heterocycles. The van der Waals surface area contributed by atoms with Crippen LogP contribution in [0, 0.1) is 17.8 Å². The van der Waals surface area contributed by atoms with E-state index in [4.69, 9.17) is 28.5 Å². The molecule has 4 aromatic carbocycles. The van der Waals surface area contributed by atoms with E-state index < -0.39 is 0 Å². The van der Waals surface area contributed by atoms with Gasteiger partial charge < -0.3 is 18.9 Å². The summed E-state index contributed by atoms with van der Waals surface area (Å²) < 4.78 is 23.1. The fraction of sp³-hybridized carbons (Fsp3) is 0.603. The summed E-state index contributed by atoms with van der Waals surface area (Å²) in [7, 11) is 0. The number of benzene rings is 4. The van der Waals surface area contributed by atoms with Gasteiger partial charge in [0.05, 0.1) is 26.4 Å². The van der Waals surface area contributed by atoms with E-state index in [2.05, 4.69) is 140 Å². The highest BCUT2D eigenvalue weighted by molar-refractivity contribution is 5.20. The second-order valence-electron chi connectivity index (χ2n) is 20.7. The van der Waals surface area contributed by atoms with Crippen LogP contribution < -0.4 is 0 Å². The number of ether oxygens (including phenoxy) is 4. The largest absolute Gasteiger partial charge is 0.377 e. The maximum atomic E-state index is 8.12. The molecule has 1 aliphatic rings. The fourth-order valence-electron chi connectivity index (χ4n) is 10.2. The summed E-state index contributed by atoms with van der Waals surface area (Å²) in [4.78, 5) is 16.2. The van der Waals surface area contributed by atoms with Gasteiger partial charge >= 0.3 is 6.15 Å². The predicted octanol–water partition coefficient (Wildman–Crippen LogP) is 19.0. The van der Waals surface area contributed by atoms with Gasteiger partial charge in [0, 0.05) is 26.4 Å². The summed E-state index contributed by atoms with van der Waals surface area (Å²) in [6.07, 6.45) is 44.1. The Morgan fingerprint density at radius 1 is 0.324 bits per heavy atom. The van der Waals surface area contributed by atoms with Crippen molar-refractivity contribution in [2.75, 3.05) is 26.4 Å². The molecule has 0 N–H and O–H groups in total. The van der Waals surface area contributed by atoms with Crippen molar-refractivity contribution in [3.05, 3.63) is 156 Å². The SMILES string of the molecule is C(=C/CCCCCCCCOCc1ccccc1)/CCCCCCCCOCc1ccccc1.CCC1C(CCCCCCCCOCc2ccccc2)C1CCCCCCCCOCc1ccccc1.O=C=O. The van der Waals surface area contributed by atoms with E-state index in [1.807, 2.05) is 0 Å². The first-order chi connectivity index (χ1) is 36.7. The van der Waals surface area contributed by atoms with Gasteiger partial charge in [-0.15, -0.1) is 0 Å². The first kappa shape index (κ1) is 64.1. The molecule has 5 rings (SSSR count). The van der Waals surface area contributed by atoms with Crippen LogP contribution >= 0.6 is 0 Å². The molecule has 2 atom stereocenters. The fourth-order valence-corrected chi connectivity index (χ4v) is 10.2. The lowest BCUT2D eigenvalue weighted by Gasteiger charge is -2.05. The van der Waals surface area contributed by atoms with Crippen molar-refractivity contribution in [3.63, 3.8) is 0 Å². The smallest absolute Gasteiger partial charge is 0.373 e. The van der Waals surface area contributed by atoms with Crippen molar-refractivity contribution in [3.8, 4) is 0 Å². The maximum Gasteiger partial charge on any atom is 0.373 e. The van der Waals surface area contributed by atoms with Gasteiger partial charge in [-0.25, -0.2) is 0 Å². The first-order valence-electron chi connectivity index (χ1n) is 29.9. The second-order valence-corrected chi connectivity index (χ2v) is 20.7. The van der Waals surface area contributed by atoms with E-state index in [1.165, 1.54) is 208 Å². The number of allylic oxidation sites excluding steroid dienone is 2. The molecule has 0 saturated heterocycles. The van der Waals surface area contributed by atoms with Crippen LogP contribution in [0.15, 0.2) is 133 Å². The van der Waals surface area contributed by atoms with Crippen LogP contribution in [-0.2, 0) is 55.0 Å². The van der Waals surface area contributed by atoms with E-state index in [0.717, 1.165) is 70.6 Å². The minimum absolute atomic E-state index is 0.250. The molecule has 0 bridgehead atoms. The van der Waals surface area contributed by atoms with Crippen LogP contribution in [0.1, 0.15) is 215 Å². The van der Waals surface area contributed by atoms with Crippen LogP contribution in [0.5, 0.6) is 0 Å². The van der Waals surface area contributed by atoms with Gasteiger partial charge in [-0.1, -0.05) is 262 Å². The topological polar surface area (TPSA) is 71.1 Å². The zero-order valence-electron chi connectivity index (χ0n) is 46.5. The van der Waals surface area contributed by atoms with Gasteiger partial charge in [0.25, 0.3) is 0 Å². The Morgan fingerprint density at radius 3 is 0.811 bits per heavy atom. The quantitative estimate of drug-likeness (QED) is 0.0325. The highest BCUT2D eigenvalue weighted by Gasteiger charge is 2.46. The average molecular weight is 1020 g/mol. The lowest BCUT2D eigenvalue weighted by Crippen LogP contribution is -1.95. The highest BCUT2D eigenvalue weighted by atomic mass is 16.5. The zero-order valence-corrected chi connectivity index (χ0v) is 46.5. The lowest BCUT2D eigenvalue weighted by atomic mass is 10.0. The van der Waals surface area contributed by atoms with Crippen molar-refractivity contribution >= 4 is 6.15 Å². The van der Waals surface area contributed by atoms with Crippen molar-refractivity contribution in [2.45, 2.75) is 220 Å². The summed E-state index contributed by atoms with van der Waals surface area (Å²) in [6.45, 7) is 9.01. The number of carbonyl (C=O) groups excluding carboxylic acids is 2. The molecule has 6 heteroatoms.